The SMILES string of the molecule is CNCc1ccc(S(=O)(=O)NC2CCCC(C)C2)c(F)c1. The Balaban J connectivity index is 2.15. The minimum Gasteiger partial charge on any atom is -0.316 e. The molecule has 1 aliphatic rings. The van der Waals surface area contributed by atoms with Gasteiger partial charge in [-0.2, -0.15) is 0 Å². The predicted molar refractivity (Wildman–Crippen MR) is 80.9 cm³/mol. The van der Waals surface area contributed by atoms with Gasteiger partial charge < -0.3 is 5.32 Å². The van der Waals surface area contributed by atoms with Gasteiger partial charge in [0.2, 0.25) is 10.0 Å². The smallest absolute Gasteiger partial charge is 0.243 e. The zero-order chi connectivity index (χ0) is 15.5. The molecule has 21 heavy (non-hydrogen) atoms. The van der Waals surface area contributed by atoms with Crippen molar-refractivity contribution < 1.29 is 12.8 Å². The summed E-state index contributed by atoms with van der Waals surface area (Å²) in [7, 11) is -2.03. The van der Waals surface area contributed by atoms with Crippen LogP contribution in [0.3, 0.4) is 0 Å². The van der Waals surface area contributed by atoms with Gasteiger partial charge in [-0.05, 0) is 43.5 Å². The molecule has 0 saturated heterocycles. The lowest BCUT2D eigenvalue weighted by molar-refractivity contribution is 0.327. The number of benzene rings is 1. The lowest BCUT2D eigenvalue weighted by Crippen LogP contribution is -2.38. The van der Waals surface area contributed by atoms with E-state index in [4.69, 9.17) is 0 Å². The fraction of sp³-hybridized carbons (Fsp3) is 0.600. The fourth-order valence-electron chi connectivity index (χ4n) is 2.90. The number of hydrogen-bond acceptors (Lipinski definition) is 3. The molecule has 2 atom stereocenters. The van der Waals surface area contributed by atoms with Crippen molar-refractivity contribution in [1.29, 1.82) is 0 Å². The van der Waals surface area contributed by atoms with E-state index in [9.17, 15) is 12.8 Å². The molecule has 1 aromatic rings. The zero-order valence-electron chi connectivity index (χ0n) is 12.5. The molecule has 4 nitrogen and oxygen atoms in total. The molecule has 0 spiro atoms. The van der Waals surface area contributed by atoms with Crippen molar-refractivity contribution in [3.05, 3.63) is 29.6 Å². The summed E-state index contributed by atoms with van der Waals surface area (Å²) in [6, 6.07) is 4.16. The standard InChI is InChI=1S/C15H23FN2O2S/c1-11-4-3-5-13(8-11)18-21(19,20)15-7-6-12(10-17-2)9-14(15)16/h6-7,9,11,13,17-18H,3-5,8,10H2,1-2H3. The van der Waals surface area contributed by atoms with Crippen LogP contribution in [-0.2, 0) is 16.6 Å². The van der Waals surface area contributed by atoms with Crippen LogP contribution in [0, 0.1) is 11.7 Å². The van der Waals surface area contributed by atoms with Crippen molar-refractivity contribution in [3.8, 4) is 0 Å². The van der Waals surface area contributed by atoms with Gasteiger partial charge in [0.15, 0.2) is 0 Å². The van der Waals surface area contributed by atoms with Gasteiger partial charge in [-0.1, -0.05) is 25.8 Å². The van der Waals surface area contributed by atoms with E-state index < -0.39 is 15.8 Å². The van der Waals surface area contributed by atoms with Crippen molar-refractivity contribution in [1.82, 2.24) is 10.0 Å². The molecule has 2 rings (SSSR count). The van der Waals surface area contributed by atoms with Crippen LogP contribution in [0.25, 0.3) is 0 Å². The Kier molecular flexibility index (Phi) is 5.35. The maximum Gasteiger partial charge on any atom is 0.243 e. The average molecular weight is 314 g/mol. The van der Waals surface area contributed by atoms with E-state index >= 15 is 0 Å². The number of nitrogens with one attached hydrogen (secondary N) is 2. The lowest BCUT2D eigenvalue weighted by atomic mass is 9.88. The van der Waals surface area contributed by atoms with Gasteiger partial charge in [0, 0.05) is 12.6 Å². The van der Waals surface area contributed by atoms with Gasteiger partial charge in [-0.3, -0.25) is 0 Å². The molecule has 0 heterocycles. The number of sulfonamides is 1. The third-order valence-corrected chi connectivity index (χ3v) is 5.48. The largest absolute Gasteiger partial charge is 0.316 e. The zero-order valence-corrected chi connectivity index (χ0v) is 13.3. The van der Waals surface area contributed by atoms with E-state index in [0.29, 0.717) is 12.5 Å². The first-order chi connectivity index (χ1) is 9.92. The van der Waals surface area contributed by atoms with E-state index in [1.54, 1.807) is 13.1 Å². The summed E-state index contributed by atoms with van der Waals surface area (Å²) in [4.78, 5) is -0.263. The normalized spacial score (nSPS) is 23.2. The van der Waals surface area contributed by atoms with Gasteiger partial charge in [0.25, 0.3) is 0 Å². The van der Waals surface area contributed by atoms with Crippen LogP contribution >= 0.6 is 0 Å². The number of rotatable bonds is 5. The van der Waals surface area contributed by atoms with Crippen LogP contribution in [-0.4, -0.2) is 21.5 Å². The summed E-state index contributed by atoms with van der Waals surface area (Å²) in [6.07, 6.45) is 3.78. The first kappa shape index (κ1) is 16.4. The van der Waals surface area contributed by atoms with Crippen molar-refractivity contribution in [2.45, 2.75) is 50.1 Å². The van der Waals surface area contributed by atoms with Crippen LogP contribution in [0.1, 0.15) is 38.2 Å². The lowest BCUT2D eigenvalue weighted by Gasteiger charge is -2.27. The maximum absolute atomic E-state index is 14.1. The number of halogens is 1. The highest BCUT2D eigenvalue weighted by Crippen LogP contribution is 2.25. The summed E-state index contributed by atoms with van der Waals surface area (Å²) in [6.45, 7) is 2.62. The Hall–Kier alpha value is -0.980. The Morgan fingerprint density at radius 3 is 2.71 bits per heavy atom. The first-order valence-electron chi connectivity index (χ1n) is 7.37. The predicted octanol–water partition coefficient (Wildman–Crippen LogP) is 2.40. The molecule has 118 valence electrons. The fourth-order valence-corrected chi connectivity index (χ4v) is 4.24. The quantitative estimate of drug-likeness (QED) is 0.877. The van der Waals surface area contributed by atoms with E-state index in [1.807, 2.05) is 0 Å². The van der Waals surface area contributed by atoms with Crippen LogP contribution in [0.15, 0.2) is 23.1 Å². The molecule has 2 unspecified atom stereocenters. The van der Waals surface area contributed by atoms with Crippen LogP contribution < -0.4 is 10.0 Å². The average Bonchev–Trinajstić information content (AvgIpc) is 2.38. The summed E-state index contributed by atoms with van der Waals surface area (Å²) in [5.74, 6) is -0.187. The topological polar surface area (TPSA) is 58.2 Å². The third kappa shape index (κ3) is 4.25. The molecule has 0 aliphatic heterocycles. The van der Waals surface area contributed by atoms with E-state index in [0.717, 1.165) is 31.2 Å². The van der Waals surface area contributed by atoms with Gasteiger partial charge >= 0.3 is 0 Å². The molecule has 1 aromatic carbocycles. The van der Waals surface area contributed by atoms with Crippen LogP contribution in [0.5, 0.6) is 0 Å². The molecule has 1 fully saturated rings. The van der Waals surface area contributed by atoms with E-state index in [-0.39, 0.29) is 10.9 Å². The Morgan fingerprint density at radius 1 is 1.33 bits per heavy atom. The Morgan fingerprint density at radius 2 is 2.10 bits per heavy atom. The second-order valence-electron chi connectivity index (χ2n) is 5.89. The molecule has 0 bridgehead atoms. The van der Waals surface area contributed by atoms with E-state index in [2.05, 4.69) is 17.0 Å². The highest BCUT2D eigenvalue weighted by Gasteiger charge is 2.26. The minimum atomic E-state index is -3.79. The minimum absolute atomic E-state index is 0.0878. The van der Waals surface area contributed by atoms with Gasteiger partial charge in [0.1, 0.15) is 10.7 Å². The summed E-state index contributed by atoms with van der Waals surface area (Å²) < 4.78 is 41.4. The van der Waals surface area contributed by atoms with Crippen molar-refractivity contribution >= 4 is 10.0 Å². The Labute approximate surface area is 126 Å². The Bertz CT molecular complexity index is 589. The molecule has 6 heteroatoms. The first-order valence-corrected chi connectivity index (χ1v) is 8.86. The van der Waals surface area contributed by atoms with Crippen molar-refractivity contribution in [2.75, 3.05) is 7.05 Å². The monoisotopic (exact) mass is 314 g/mol. The second kappa shape index (κ2) is 6.85. The van der Waals surface area contributed by atoms with Crippen LogP contribution in [0.4, 0.5) is 4.39 Å². The second-order valence-corrected chi connectivity index (χ2v) is 7.57. The van der Waals surface area contributed by atoms with Crippen molar-refractivity contribution in [2.24, 2.45) is 5.92 Å². The van der Waals surface area contributed by atoms with E-state index in [1.165, 1.54) is 12.1 Å². The van der Waals surface area contributed by atoms with Crippen LogP contribution in [0.2, 0.25) is 0 Å². The highest BCUT2D eigenvalue weighted by atomic mass is 32.2. The van der Waals surface area contributed by atoms with Gasteiger partial charge in [0.05, 0.1) is 0 Å². The summed E-state index contributed by atoms with van der Waals surface area (Å²) >= 11 is 0. The van der Waals surface area contributed by atoms with Crippen molar-refractivity contribution in [3.63, 3.8) is 0 Å². The molecule has 0 amide bonds. The molecule has 1 aliphatic carbocycles. The third-order valence-electron chi connectivity index (χ3n) is 3.92. The molecular weight excluding hydrogens is 291 g/mol. The molecule has 1 saturated carbocycles. The molecule has 0 radical (unpaired) electrons. The molecule has 2 N–H and O–H groups in total. The highest BCUT2D eigenvalue weighted by molar-refractivity contribution is 7.89. The summed E-state index contributed by atoms with van der Waals surface area (Å²) in [5.41, 5.74) is 0.722. The molecular formula is C15H23FN2O2S. The van der Waals surface area contributed by atoms with Gasteiger partial charge in [-0.15, -0.1) is 0 Å². The number of hydrogen-bond donors (Lipinski definition) is 2. The van der Waals surface area contributed by atoms with Gasteiger partial charge in [-0.25, -0.2) is 17.5 Å². The maximum atomic E-state index is 14.1. The molecule has 0 aromatic heterocycles. The summed E-state index contributed by atoms with van der Waals surface area (Å²) in [5, 5.41) is 2.91.